The largest absolute Gasteiger partial charge is 0.379 e. The van der Waals surface area contributed by atoms with E-state index >= 15 is 0 Å². The fourth-order valence-electron chi connectivity index (χ4n) is 3.23. The Bertz CT molecular complexity index is 790. The number of morpholine rings is 1. The van der Waals surface area contributed by atoms with E-state index in [4.69, 9.17) is 4.74 Å². The highest BCUT2D eigenvalue weighted by atomic mass is 79.9. The van der Waals surface area contributed by atoms with E-state index in [1.54, 1.807) is 7.05 Å². The van der Waals surface area contributed by atoms with Crippen LogP contribution in [0.1, 0.15) is 15.9 Å². The van der Waals surface area contributed by atoms with Crippen LogP contribution in [0.5, 0.6) is 0 Å². The molecular formula is C19H25Br2N5O4. The van der Waals surface area contributed by atoms with Crippen molar-refractivity contribution in [2.75, 3.05) is 75.1 Å². The van der Waals surface area contributed by atoms with Gasteiger partial charge in [-0.05, 0) is 6.07 Å². The normalized spacial score (nSPS) is 14.2. The number of nitro groups is 1. The number of nitro benzene ring substituents is 1. The van der Waals surface area contributed by atoms with Crippen molar-refractivity contribution in [3.63, 3.8) is 0 Å². The van der Waals surface area contributed by atoms with Crippen molar-refractivity contribution < 1.29 is 14.5 Å². The van der Waals surface area contributed by atoms with Gasteiger partial charge in [0.2, 0.25) is 0 Å². The summed E-state index contributed by atoms with van der Waals surface area (Å²) >= 11 is 6.79. The zero-order valence-electron chi connectivity index (χ0n) is 16.9. The second-order valence-electron chi connectivity index (χ2n) is 6.80. The van der Waals surface area contributed by atoms with Gasteiger partial charge in [0.05, 0.1) is 29.4 Å². The van der Waals surface area contributed by atoms with Gasteiger partial charge in [-0.25, -0.2) is 0 Å². The molecule has 0 unspecified atom stereocenters. The number of halogens is 2. The van der Waals surface area contributed by atoms with E-state index in [0.717, 1.165) is 13.1 Å². The molecule has 0 atom stereocenters. The summed E-state index contributed by atoms with van der Waals surface area (Å²) in [7, 11) is 1.64. The Morgan fingerprint density at radius 1 is 1.27 bits per heavy atom. The third-order valence-corrected chi connectivity index (χ3v) is 5.62. The van der Waals surface area contributed by atoms with Gasteiger partial charge in [-0.1, -0.05) is 31.9 Å². The van der Waals surface area contributed by atoms with Gasteiger partial charge in [0.25, 0.3) is 11.6 Å². The third kappa shape index (κ3) is 6.38. The average Bonchev–Trinajstić information content (AvgIpc) is 2.76. The van der Waals surface area contributed by atoms with Gasteiger partial charge in [-0.2, -0.15) is 5.26 Å². The number of hydrogen-bond acceptors (Lipinski definition) is 7. The zero-order chi connectivity index (χ0) is 22.1. The van der Waals surface area contributed by atoms with Crippen LogP contribution in [0.25, 0.3) is 0 Å². The molecule has 0 spiro atoms. The summed E-state index contributed by atoms with van der Waals surface area (Å²) in [6, 6.07) is 4.72. The number of nitriles is 1. The molecule has 164 valence electrons. The quantitative estimate of drug-likeness (QED) is 0.252. The number of hydrogen-bond donors (Lipinski definition) is 0. The predicted molar refractivity (Wildman–Crippen MR) is 122 cm³/mol. The molecule has 9 nitrogen and oxygen atoms in total. The molecule has 0 N–H and O–H groups in total. The van der Waals surface area contributed by atoms with E-state index < -0.39 is 10.8 Å². The van der Waals surface area contributed by atoms with Crippen molar-refractivity contribution in [2.45, 2.75) is 0 Å². The molecule has 30 heavy (non-hydrogen) atoms. The van der Waals surface area contributed by atoms with Gasteiger partial charge in [0.15, 0.2) is 0 Å². The van der Waals surface area contributed by atoms with Crippen molar-refractivity contribution in [1.82, 2.24) is 9.80 Å². The van der Waals surface area contributed by atoms with E-state index in [1.165, 1.54) is 17.0 Å². The molecule has 1 aromatic rings. The van der Waals surface area contributed by atoms with E-state index in [0.29, 0.717) is 55.7 Å². The minimum Gasteiger partial charge on any atom is -0.379 e. The molecule has 1 aliphatic heterocycles. The first-order valence-electron chi connectivity index (χ1n) is 9.57. The summed E-state index contributed by atoms with van der Waals surface area (Å²) in [5, 5.41) is 22.5. The maximum atomic E-state index is 13.1. The smallest absolute Gasteiger partial charge is 0.283 e. The molecular weight excluding hydrogens is 522 g/mol. The number of benzene rings is 1. The van der Waals surface area contributed by atoms with Crippen molar-refractivity contribution in [2.24, 2.45) is 0 Å². The monoisotopic (exact) mass is 545 g/mol. The highest BCUT2D eigenvalue weighted by Gasteiger charge is 2.27. The van der Waals surface area contributed by atoms with E-state index in [9.17, 15) is 20.2 Å². The molecule has 1 heterocycles. The molecule has 1 amide bonds. The molecule has 1 aliphatic rings. The number of alkyl halides is 2. The Balaban J connectivity index is 2.32. The molecule has 1 saturated heterocycles. The minimum absolute atomic E-state index is 0.00683. The number of nitrogens with zero attached hydrogens (tertiary/aromatic N) is 5. The fraction of sp³-hybridized carbons (Fsp3) is 0.579. The summed E-state index contributed by atoms with van der Waals surface area (Å²) < 4.78 is 5.33. The Morgan fingerprint density at radius 2 is 1.90 bits per heavy atom. The van der Waals surface area contributed by atoms with E-state index in [2.05, 4.69) is 36.8 Å². The number of carbonyl (C=O) groups excluding carboxylic acids is 1. The predicted octanol–water partition coefficient (Wildman–Crippen LogP) is 2.47. The highest BCUT2D eigenvalue weighted by molar-refractivity contribution is 9.09. The summed E-state index contributed by atoms with van der Waals surface area (Å²) in [5.74, 6) is -0.432. The van der Waals surface area contributed by atoms with Crippen LogP contribution in [0.15, 0.2) is 12.1 Å². The second kappa shape index (κ2) is 12.2. The number of carbonyl (C=O) groups is 1. The molecule has 1 aromatic carbocycles. The lowest BCUT2D eigenvalue weighted by Gasteiger charge is -2.29. The first kappa shape index (κ1) is 24.5. The number of anilines is 1. The fourth-order valence-corrected chi connectivity index (χ4v) is 4.09. The number of amides is 1. The molecule has 0 bridgehead atoms. The molecule has 0 aromatic heterocycles. The molecule has 2 rings (SSSR count). The van der Waals surface area contributed by atoms with Crippen LogP contribution in [-0.2, 0) is 4.74 Å². The van der Waals surface area contributed by atoms with Gasteiger partial charge in [0, 0.05) is 63.0 Å². The Morgan fingerprint density at radius 3 is 2.43 bits per heavy atom. The maximum absolute atomic E-state index is 13.1. The van der Waals surface area contributed by atoms with Crippen LogP contribution in [0.4, 0.5) is 11.4 Å². The van der Waals surface area contributed by atoms with E-state index in [1.807, 2.05) is 11.0 Å². The lowest BCUT2D eigenvalue weighted by Crippen LogP contribution is -2.42. The lowest BCUT2D eigenvalue weighted by atomic mass is 10.0. The van der Waals surface area contributed by atoms with Crippen LogP contribution in [0.3, 0.4) is 0 Å². The van der Waals surface area contributed by atoms with Gasteiger partial charge in [-0.3, -0.25) is 19.8 Å². The summed E-state index contributed by atoms with van der Waals surface area (Å²) in [6.07, 6.45) is 0. The van der Waals surface area contributed by atoms with Gasteiger partial charge >= 0.3 is 0 Å². The van der Waals surface area contributed by atoms with Crippen LogP contribution in [0, 0.1) is 21.4 Å². The highest BCUT2D eigenvalue weighted by Crippen LogP contribution is 2.30. The first-order valence-corrected chi connectivity index (χ1v) is 11.8. The topological polar surface area (TPSA) is 103 Å². The van der Waals surface area contributed by atoms with Crippen molar-refractivity contribution in [3.05, 3.63) is 33.4 Å². The second-order valence-corrected chi connectivity index (χ2v) is 8.39. The first-order chi connectivity index (χ1) is 14.4. The van der Waals surface area contributed by atoms with Gasteiger partial charge in [0.1, 0.15) is 11.6 Å². The van der Waals surface area contributed by atoms with Crippen LogP contribution in [0.2, 0.25) is 0 Å². The van der Waals surface area contributed by atoms with Crippen LogP contribution >= 0.6 is 31.9 Å². The van der Waals surface area contributed by atoms with Gasteiger partial charge in [-0.15, -0.1) is 0 Å². The molecule has 1 fully saturated rings. The zero-order valence-corrected chi connectivity index (χ0v) is 20.0. The van der Waals surface area contributed by atoms with E-state index in [-0.39, 0.29) is 16.8 Å². The summed E-state index contributed by atoms with van der Waals surface area (Å²) in [6.45, 7) is 5.24. The van der Waals surface area contributed by atoms with Gasteiger partial charge < -0.3 is 14.5 Å². The Hall–Kier alpha value is -1.74. The van der Waals surface area contributed by atoms with Crippen LogP contribution in [-0.4, -0.2) is 90.8 Å². The molecule has 0 aliphatic carbocycles. The minimum atomic E-state index is -0.604. The number of ether oxygens (including phenoxy) is 1. The van der Waals surface area contributed by atoms with Crippen LogP contribution < -0.4 is 4.90 Å². The summed E-state index contributed by atoms with van der Waals surface area (Å²) in [5.41, 5.74) is 0.340. The molecule has 0 saturated carbocycles. The van der Waals surface area contributed by atoms with Crippen molar-refractivity contribution >= 4 is 49.1 Å². The Kier molecular flexibility index (Phi) is 9.97. The number of rotatable bonds is 10. The van der Waals surface area contributed by atoms with Crippen molar-refractivity contribution in [3.8, 4) is 6.07 Å². The molecule has 0 radical (unpaired) electrons. The maximum Gasteiger partial charge on any atom is 0.283 e. The Labute approximate surface area is 193 Å². The summed E-state index contributed by atoms with van der Waals surface area (Å²) in [4.78, 5) is 29.7. The molecule has 11 heteroatoms. The SMILES string of the molecule is CN(CCN1CCOCC1)C(=O)c1cc(N(CCBr)CCBr)c(C#N)cc1[N+](=O)[O-]. The van der Waals surface area contributed by atoms with Crippen molar-refractivity contribution in [1.29, 1.82) is 5.26 Å². The lowest BCUT2D eigenvalue weighted by molar-refractivity contribution is -0.385. The standard InChI is InChI=1S/C19H25Br2N5O4/c1-23(6-7-24-8-10-30-11-9-24)19(27)16-13-17(25(4-2-20)5-3-21)15(14-22)12-18(16)26(28)29/h12-13H,2-11H2,1H3. The average molecular weight is 547 g/mol. The number of likely N-dealkylation sites (N-methyl/N-ethyl adjacent to an activating group) is 1. The third-order valence-electron chi connectivity index (χ3n) is 4.91.